The van der Waals surface area contributed by atoms with Crippen molar-refractivity contribution >= 4 is 27.5 Å². The second-order valence-electron chi connectivity index (χ2n) is 5.97. The zero-order valence-corrected chi connectivity index (χ0v) is 14.9. The fourth-order valence-corrected chi connectivity index (χ4v) is 3.76. The smallest absolute Gasteiger partial charge is 0.338 e. The van der Waals surface area contributed by atoms with Crippen molar-refractivity contribution in [1.82, 2.24) is 4.98 Å². The summed E-state index contributed by atoms with van der Waals surface area (Å²) in [5.74, 6) is -0.309. The lowest BCUT2D eigenvalue weighted by molar-refractivity contribution is 0.0471. The van der Waals surface area contributed by atoms with E-state index in [0.29, 0.717) is 12.0 Å². The van der Waals surface area contributed by atoms with Crippen LogP contribution in [0.2, 0.25) is 0 Å². The first-order valence-corrected chi connectivity index (χ1v) is 9.24. The number of hydrogen-bond donors (Lipinski definition) is 0. The molecule has 0 N–H and O–H groups in total. The van der Waals surface area contributed by atoms with Crippen LogP contribution in [0.1, 0.15) is 26.5 Å². The van der Waals surface area contributed by atoms with Crippen LogP contribution >= 0.6 is 11.3 Å². The average molecular weight is 359 g/mol. The van der Waals surface area contributed by atoms with Crippen LogP contribution in [0, 0.1) is 0 Å². The summed E-state index contributed by atoms with van der Waals surface area (Å²) < 4.78 is 6.63. The zero-order chi connectivity index (χ0) is 17.8. The maximum Gasteiger partial charge on any atom is 0.338 e. The lowest BCUT2D eigenvalue weighted by Crippen LogP contribution is -2.08. The molecule has 0 unspecified atom stereocenters. The van der Waals surface area contributed by atoms with Crippen molar-refractivity contribution in [2.75, 3.05) is 0 Å². The number of rotatable bonds is 5. The first kappa shape index (κ1) is 16.5. The molecule has 26 heavy (non-hydrogen) atoms. The van der Waals surface area contributed by atoms with E-state index < -0.39 is 0 Å². The van der Waals surface area contributed by atoms with Gasteiger partial charge in [-0.1, -0.05) is 60.7 Å². The molecular formula is C22H17NO2S. The summed E-state index contributed by atoms with van der Waals surface area (Å²) in [6.07, 6.45) is 0.702. The number of fused-ring (bicyclic) bond motifs is 1. The van der Waals surface area contributed by atoms with Gasteiger partial charge in [0, 0.05) is 0 Å². The van der Waals surface area contributed by atoms with Crippen molar-refractivity contribution in [3.63, 3.8) is 0 Å². The molecule has 1 aromatic heterocycles. The summed E-state index contributed by atoms with van der Waals surface area (Å²) >= 11 is 1.55. The van der Waals surface area contributed by atoms with Gasteiger partial charge in [0.25, 0.3) is 0 Å². The molecule has 0 aliphatic carbocycles. The second kappa shape index (κ2) is 7.50. The molecule has 0 atom stereocenters. The Hall–Kier alpha value is -2.98. The molecule has 4 heteroatoms. The van der Waals surface area contributed by atoms with Crippen LogP contribution in [0.15, 0.2) is 78.9 Å². The van der Waals surface area contributed by atoms with Gasteiger partial charge >= 0.3 is 5.97 Å². The van der Waals surface area contributed by atoms with Gasteiger partial charge in [0.05, 0.1) is 15.8 Å². The van der Waals surface area contributed by atoms with Crippen molar-refractivity contribution < 1.29 is 9.53 Å². The maximum absolute atomic E-state index is 12.6. The number of ether oxygens (including phenoxy) is 1. The molecule has 4 rings (SSSR count). The van der Waals surface area contributed by atoms with Gasteiger partial charge in [0.2, 0.25) is 0 Å². The van der Waals surface area contributed by atoms with E-state index in [-0.39, 0.29) is 12.6 Å². The Labute approximate surface area is 155 Å². The van der Waals surface area contributed by atoms with E-state index in [4.69, 9.17) is 4.74 Å². The van der Waals surface area contributed by atoms with Gasteiger partial charge in [-0.05, 0) is 35.7 Å². The summed E-state index contributed by atoms with van der Waals surface area (Å²) in [5.41, 5.74) is 3.68. The molecule has 0 saturated carbocycles. The molecule has 0 fully saturated rings. The normalized spacial score (nSPS) is 10.8. The van der Waals surface area contributed by atoms with Crippen LogP contribution in [0.4, 0.5) is 0 Å². The Morgan fingerprint density at radius 3 is 2.46 bits per heavy atom. The quantitative estimate of drug-likeness (QED) is 0.457. The SMILES string of the molecule is O=C(OCc1nc2ccccc2s1)c1ccccc1Cc1ccccc1. The van der Waals surface area contributed by atoms with Crippen molar-refractivity contribution in [3.05, 3.63) is 101 Å². The van der Waals surface area contributed by atoms with Crippen LogP contribution in [0.3, 0.4) is 0 Å². The van der Waals surface area contributed by atoms with E-state index in [2.05, 4.69) is 17.1 Å². The van der Waals surface area contributed by atoms with Crippen LogP contribution in [-0.4, -0.2) is 11.0 Å². The highest BCUT2D eigenvalue weighted by molar-refractivity contribution is 7.18. The van der Waals surface area contributed by atoms with E-state index in [1.165, 1.54) is 5.56 Å². The van der Waals surface area contributed by atoms with Crippen molar-refractivity contribution in [3.8, 4) is 0 Å². The second-order valence-corrected chi connectivity index (χ2v) is 7.09. The monoisotopic (exact) mass is 359 g/mol. The van der Waals surface area contributed by atoms with Gasteiger partial charge in [0.1, 0.15) is 11.6 Å². The van der Waals surface area contributed by atoms with Gasteiger partial charge in [0.15, 0.2) is 0 Å². The molecule has 0 radical (unpaired) electrons. The molecule has 3 nitrogen and oxygen atoms in total. The third-order valence-corrected chi connectivity index (χ3v) is 5.15. The van der Waals surface area contributed by atoms with Gasteiger partial charge in [-0.3, -0.25) is 0 Å². The molecular weight excluding hydrogens is 342 g/mol. The Kier molecular flexibility index (Phi) is 4.75. The molecule has 4 aromatic rings. The van der Waals surface area contributed by atoms with E-state index >= 15 is 0 Å². The lowest BCUT2D eigenvalue weighted by Gasteiger charge is -2.09. The number of carbonyl (C=O) groups is 1. The fourth-order valence-electron chi connectivity index (χ4n) is 2.88. The molecule has 128 valence electrons. The topological polar surface area (TPSA) is 39.2 Å². The van der Waals surface area contributed by atoms with Crippen molar-refractivity contribution in [1.29, 1.82) is 0 Å². The predicted molar refractivity (Wildman–Crippen MR) is 104 cm³/mol. The summed E-state index contributed by atoms with van der Waals surface area (Å²) in [6, 6.07) is 25.6. The lowest BCUT2D eigenvalue weighted by atomic mass is 10.00. The molecule has 0 bridgehead atoms. The molecule has 3 aromatic carbocycles. The Morgan fingerprint density at radius 2 is 1.62 bits per heavy atom. The molecule has 0 amide bonds. The predicted octanol–water partition coefficient (Wildman–Crippen LogP) is 5.24. The summed E-state index contributed by atoms with van der Waals surface area (Å²) in [7, 11) is 0. The molecule has 0 aliphatic rings. The number of benzene rings is 3. The average Bonchev–Trinajstić information content (AvgIpc) is 3.10. The third kappa shape index (κ3) is 3.65. The van der Waals surface area contributed by atoms with Gasteiger partial charge in [-0.25, -0.2) is 9.78 Å². The number of nitrogens with zero attached hydrogens (tertiary/aromatic N) is 1. The van der Waals surface area contributed by atoms with Gasteiger partial charge < -0.3 is 4.74 Å². The number of esters is 1. The van der Waals surface area contributed by atoms with E-state index in [1.54, 1.807) is 11.3 Å². The highest BCUT2D eigenvalue weighted by Crippen LogP contribution is 2.23. The van der Waals surface area contributed by atoms with E-state index in [1.807, 2.05) is 66.7 Å². The number of para-hydroxylation sites is 1. The number of thiazole rings is 1. The summed E-state index contributed by atoms with van der Waals surface area (Å²) in [4.78, 5) is 17.1. The third-order valence-electron chi connectivity index (χ3n) is 4.14. The molecule has 0 aliphatic heterocycles. The molecule has 0 saturated heterocycles. The minimum absolute atomic E-state index is 0.192. The summed E-state index contributed by atoms with van der Waals surface area (Å²) in [6.45, 7) is 0.192. The first-order chi connectivity index (χ1) is 12.8. The van der Waals surface area contributed by atoms with Gasteiger partial charge in [-0.15, -0.1) is 11.3 Å². The maximum atomic E-state index is 12.6. The fraction of sp³-hybridized carbons (Fsp3) is 0.0909. The highest BCUT2D eigenvalue weighted by atomic mass is 32.1. The van der Waals surface area contributed by atoms with Crippen molar-refractivity contribution in [2.45, 2.75) is 13.0 Å². The number of hydrogen-bond acceptors (Lipinski definition) is 4. The van der Waals surface area contributed by atoms with Crippen LogP contribution < -0.4 is 0 Å². The van der Waals surface area contributed by atoms with Crippen LogP contribution in [-0.2, 0) is 17.8 Å². The van der Waals surface area contributed by atoms with E-state index in [0.717, 1.165) is 20.8 Å². The largest absolute Gasteiger partial charge is 0.455 e. The Balaban J connectivity index is 1.49. The number of aromatic nitrogens is 1. The van der Waals surface area contributed by atoms with Gasteiger partial charge in [-0.2, -0.15) is 0 Å². The van der Waals surface area contributed by atoms with Crippen molar-refractivity contribution in [2.24, 2.45) is 0 Å². The van der Waals surface area contributed by atoms with Crippen LogP contribution in [0.5, 0.6) is 0 Å². The molecule has 1 heterocycles. The summed E-state index contributed by atoms with van der Waals surface area (Å²) in [5, 5.41) is 0.806. The highest BCUT2D eigenvalue weighted by Gasteiger charge is 2.14. The number of carbonyl (C=O) groups excluding carboxylic acids is 1. The minimum Gasteiger partial charge on any atom is -0.455 e. The minimum atomic E-state index is -0.309. The first-order valence-electron chi connectivity index (χ1n) is 8.43. The Bertz CT molecular complexity index is 1010. The van der Waals surface area contributed by atoms with Crippen LogP contribution in [0.25, 0.3) is 10.2 Å². The standard InChI is InChI=1S/C22H17NO2S/c24-22(25-15-21-23-19-12-6-7-13-20(19)26-21)18-11-5-4-10-17(18)14-16-8-2-1-3-9-16/h1-13H,14-15H2. The zero-order valence-electron chi connectivity index (χ0n) is 14.1. The molecule has 0 spiro atoms. The van der Waals surface area contributed by atoms with E-state index in [9.17, 15) is 4.79 Å². The Morgan fingerprint density at radius 1 is 0.885 bits per heavy atom.